The molecule has 2 amide bonds. The number of carbonyl (C=O) groups excluding carboxylic acids is 2. The lowest BCUT2D eigenvalue weighted by Gasteiger charge is -2.22. The molecule has 0 spiro atoms. The van der Waals surface area contributed by atoms with Crippen molar-refractivity contribution in [2.75, 3.05) is 12.3 Å². The Bertz CT molecular complexity index is 686. The van der Waals surface area contributed by atoms with E-state index in [9.17, 15) is 9.59 Å². The standard InChI is InChI=1S/C19H23N3O2/c20-17-8-4-7-15(13-17)9-10-19(24)22(12-11-18(21)23)14-16-5-2-1-3-6-16/h1-8,13H,9-12,14,20H2,(H2,21,23). The summed E-state index contributed by atoms with van der Waals surface area (Å²) in [5.41, 5.74) is 13.7. The summed E-state index contributed by atoms with van der Waals surface area (Å²) >= 11 is 0. The van der Waals surface area contributed by atoms with Crippen molar-refractivity contribution in [3.63, 3.8) is 0 Å². The Morgan fingerprint density at radius 1 is 0.917 bits per heavy atom. The molecule has 0 saturated heterocycles. The van der Waals surface area contributed by atoms with Crippen molar-refractivity contribution in [3.05, 3.63) is 65.7 Å². The third kappa shape index (κ3) is 5.76. The Kier molecular flexibility index (Phi) is 6.37. The number of benzene rings is 2. The van der Waals surface area contributed by atoms with E-state index in [4.69, 9.17) is 11.5 Å². The van der Waals surface area contributed by atoms with Crippen LogP contribution in [-0.2, 0) is 22.6 Å². The van der Waals surface area contributed by atoms with Crippen LogP contribution in [0.15, 0.2) is 54.6 Å². The van der Waals surface area contributed by atoms with Gasteiger partial charge < -0.3 is 16.4 Å². The van der Waals surface area contributed by atoms with Gasteiger partial charge in [0.25, 0.3) is 0 Å². The molecule has 4 N–H and O–H groups in total. The van der Waals surface area contributed by atoms with Crippen LogP contribution in [0.1, 0.15) is 24.0 Å². The minimum absolute atomic E-state index is 0.00234. The highest BCUT2D eigenvalue weighted by atomic mass is 16.2. The number of rotatable bonds is 8. The molecule has 0 heterocycles. The van der Waals surface area contributed by atoms with E-state index >= 15 is 0 Å². The van der Waals surface area contributed by atoms with E-state index in [-0.39, 0.29) is 12.3 Å². The van der Waals surface area contributed by atoms with Crippen LogP contribution < -0.4 is 11.5 Å². The van der Waals surface area contributed by atoms with E-state index in [1.165, 1.54) is 0 Å². The number of aryl methyl sites for hydroxylation is 1. The molecule has 0 fully saturated rings. The summed E-state index contributed by atoms with van der Waals surface area (Å²) in [6.45, 7) is 0.809. The largest absolute Gasteiger partial charge is 0.399 e. The lowest BCUT2D eigenvalue weighted by Crippen LogP contribution is -2.33. The molecule has 2 aromatic carbocycles. The van der Waals surface area contributed by atoms with Gasteiger partial charge >= 0.3 is 0 Å². The number of primary amides is 1. The van der Waals surface area contributed by atoms with Gasteiger partial charge in [0.05, 0.1) is 0 Å². The fourth-order valence-electron chi connectivity index (χ4n) is 2.50. The summed E-state index contributed by atoms with van der Waals surface area (Å²) in [5, 5.41) is 0. The Hall–Kier alpha value is -2.82. The first-order chi connectivity index (χ1) is 11.5. The summed E-state index contributed by atoms with van der Waals surface area (Å²) in [5.74, 6) is -0.403. The Morgan fingerprint density at radius 2 is 1.62 bits per heavy atom. The van der Waals surface area contributed by atoms with Crippen molar-refractivity contribution in [2.45, 2.75) is 25.8 Å². The average molecular weight is 325 g/mol. The minimum Gasteiger partial charge on any atom is -0.399 e. The molecule has 2 rings (SSSR count). The van der Waals surface area contributed by atoms with Crippen LogP contribution in [0, 0.1) is 0 Å². The number of nitrogens with zero attached hydrogens (tertiary/aromatic N) is 1. The van der Waals surface area contributed by atoms with Crippen LogP contribution >= 0.6 is 0 Å². The molecule has 5 heteroatoms. The molecule has 2 aromatic rings. The predicted molar refractivity (Wildman–Crippen MR) is 94.8 cm³/mol. The van der Waals surface area contributed by atoms with Gasteiger partial charge in [-0.2, -0.15) is 0 Å². The van der Waals surface area contributed by atoms with E-state index in [0.29, 0.717) is 31.6 Å². The molecule has 0 unspecified atom stereocenters. The Balaban J connectivity index is 1.99. The summed E-state index contributed by atoms with van der Waals surface area (Å²) in [7, 11) is 0. The maximum absolute atomic E-state index is 12.6. The first-order valence-corrected chi connectivity index (χ1v) is 7.99. The second kappa shape index (κ2) is 8.72. The van der Waals surface area contributed by atoms with E-state index < -0.39 is 5.91 Å². The Morgan fingerprint density at radius 3 is 2.29 bits per heavy atom. The summed E-state index contributed by atoms with van der Waals surface area (Å²) < 4.78 is 0. The van der Waals surface area contributed by atoms with Gasteiger partial charge in [-0.1, -0.05) is 42.5 Å². The average Bonchev–Trinajstić information content (AvgIpc) is 2.57. The maximum Gasteiger partial charge on any atom is 0.223 e. The fourth-order valence-corrected chi connectivity index (χ4v) is 2.50. The Labute approximate surface area is 142 Å². The van der Waals surface area contributed by atoms with Crippen LogP contribution in [-0.4, -0.2) is 23.3 Å². The zero-order valence-electron chi connectivity index (χ0n) is 13.7. The first kappa shape index (κ1) is 17.5. The number of hydrogen-bond donors (Lipinski definition) is 2. The van der Waals surface area contributed by atoms with Crippen LogP contribution in [0.2, 0.25) is 0 Å². The number of nitrogens with two attached hydrogens (primary N) is 2. The molecule has 0 radical (unpaired) electrons. The van der Waals surface area contributed by atoms with Crippen molar-refractivity contribution in [2.24, 2.45) is 5.73 Å². The normalized spacial score (nSPS) is 10.3. The quantitative estimate of drug-likeness (QED) is 0.728. The van der Waals surface area contributed by atoms with E-state index in [1.807, 2.05) is 54.6 Å². The number of hydrogen-bond acceptors (Lipinski definition) is 3. The van der Waals surface area contributed by atoms with E-state index in [1.54, 1.807) is 4.90 Å². The molecule has 126 valence electrons. The third-order valence-corrected chi connectivity index (χ3v) is 3.78. The SMILES string of the molecule is NC(=O)CCN(Cc1ccccc1)C(=O)CCc1cccc(N)c1. The van der Waals surface area contributed by atoms with Crippen molar-refractivity contribution in [1.29, 1.82) is 0 Å². The van der Waals surface area contributed by atoms with Crippen molar-refractivity contribution < 1.29 is 9.59 Å². The molecular formula is C19H23N3O2. The van der Waals surface area contributed by atoms with Crippen LogP contribution in [0.4, 0.5) is 5.69 Å². The lowest BCUT2D eigenvalue weighted by atomic mass is 10.1. The molecule has 0 atom stereocenters. The number of carbonyl (C=O) groups is 2. The van der Waals surface area contributed by atoms with Gasteiger partial charge in [-0.3, -0.25) is 9.59 Å². The summed E-state index contributed by atoms with van der Waals surface area (Å²) in [6, 6.07) is 17.2. The number of anilines is 1. The van der Waals surface area contributed by atoms with Crippen LogP contribution in [0.5, 0.6) is 0 Å². The molecule has 0 aliphatic heterocycles. The second-order valence-electron chi connectivity index (χ2n) is 5.76. The summed E-state index contributed by atoms with van der Waals surface area (Å²) in [6.07, 6.45) is 1.15. The molecule has 5 nitrogen and oxygen atoms in total. The van der Waals surface area contributed by atoms with Crippen molar-refractivity contribution in [3.8, 4) is 0 Å². The van der Waals surface area contributed by atoms with Crippen LogP contribution in [0.3, 0.4) is 0 Å². The first-order valence-electron chi connectivity index (χ1n) is 7.99. The molecule has 0 aromatic heterocycles. The van der Waals surface area contributed by atoms with Gasteiger partial charge in [-0.05, 0) is 29.7 Å². The number of amides is 2. The van der Waals surface area contributed by atoms with Gasteiger partial charge in [0, 0.05) is 31.6 Å². The van der Waals surface area contributed by atoms with Crippen molar-refractivity contribution >= 4 is 17.5 Å². The highest BCUT2D eigenvalue weighted by Crippen LogP contribution is 2.12. The number of nitrogen functional groups attached to an aromatic ring is 1. The summed E-state index contributed by atoms with van der Waals surface area (Å²) in [4.78, 5) is 25.3. The van der Waals surface area contributed by atoms with E-state index in [2.05, 4.69) is 0 Å². The molecule has 0 aliphatic rings. The monoisotopic (exact) mass is 325 g/mol. The lowest BCUT2D eigenvalue weighted by molar-refractivity contribution is -0.132. The van der Waals surface area contributed by atoms with Crippen LogP contribution in [0.25, 0.3) is 0 Å². The van der Waals surface area contributed by atoms with Gasteiger partial charge in [-0.25, -0.2) is 0 Å². The maximum atomic E-state index is 12.6. The topological polar surface area (TPSA) is 89.4 Å². The minimum atomic E-state index is -0.406. The molecule has 0 saturated carbocycles. The smallest absolute Gasteiger partial charge is 0.223 e. The predicted octanol–water partition coefficient (Wildman–Crippen LogP) is 2.11. The molecular weight excluding hydrogens is 302 g/mol. The van der Waals surface area contributed by atoms with Gasteiger partial charge in [0.1, 0.15) is 0 Å². The second-order valence-corrected chi connectivity index (χ2v) is 5.76. The van der Waals surface area contributed by atoms with Gasteiger partial charge in [0.15, 0.2) is 0 Å². The van der Waals surface area contributed by atoms with Gasteiger partial charge in [-0.15, -0.1) is 0 Å². The van der Waals surface area contributed by atoms with E-state index in [0.717, 1.165) is 11.1 Å². The zero-order valence-corrected chi connectivity index (χ0v) is 13.7. The van der Waals surface area contributed by atoms with Gasteiger partial charge in [0.2, 0.25) is 11.8 Å². The van der Waals surface area contributed by atoms with Crippen molar-refractivity contribution in [1.82, 2.24) is 4.90 Å². The zero-order chi connectivity index (χ0) is 17.4. The molecule has 24 heavy (non-hydrogen) atoms. The highest BCUT2D eigenvalue weighted by Gasteiger charge is 2.15. The third-order valence-electron chi connectivity index (χ3n) is 3.78. The highest BCUT2D eigenvalue weighted by molar-refractivity contribution is 5.78. The molecule has 0 bridgehead atoms. The fraction of sp³-hybridized carbons (Fsp3) is 0.263. The molecule has 0 aliphatic carbocycles.